The Bertz CT molecular complexity index is 901. The Kier molecular flexibility index (Phi) is 7.15. The Morgan fingerprint density at radius 2 is 1.87 bits per heavy atom. The van der Waals surface area contributed by atoms with Gasteiger partial charge in [0.1, 0.15) is 6.26 Å². The summed E-state index contributed by atoms with van der Waals surface area (Å²) >= 11 is 6.30. The van der Waals surface area contributed by atoms with Crippen molar-refractivity contribution in [1.29, 1.82) is 0 Å². The number of hydrogen-bond acceptors (Lipinski definition) is 4. The number of rotatable bonds is 6. The molecular weight excluding hydrogens is 406 g/mol. The number of furan rings is 1. The summed E-state index contributed by atoms with van der Waals surface area (Å²) in [6.07, 6.45) is 4.07. The van der Waals surface area contributed by atoms with Crippen LogP contribution in [0.5, 0.6) is 0 Å². The van der Waals surface area contributed by atoms with E-state index in [0.717, 1.165) is 0 Å². The zero-order valence-corrected chi connectivity index (χ0v) is 17.9. The lowest BCUT2D eigenvalue weighted by Crippen LogP contribution is -2.41. The van der Waals surface area contributed by atoms with Gasteiger partial charge in [0, 0.05) is 37.8 Å². The van der Waals surface area contributed by atoms with Gasteiger partial charge in [0.05, 0.1) is 22.4 Å². The van der Waals surface area contributed by atoms with Gasteiger partial charge in [-0.05, 0) is 51.0 Å². The van der Waals surface area contributed by atoms with Gasteiger partial charge >= 0.3 is 0 Å². The first-order valence-corrected chi connectivity index (χ1v) is 10.5. The number of benzene rings is 1. The molecule has 3 amide bonds. The van der Waals surface area contributed by atoms with Gasteiger partial charge in [-0.1, -0.05) is 11.6 Å². The minimum atomic E-state index is -0.186. The van der Waals surface area contributed by atoms with Crippen LogP contribution in [0, 0.1) is 5.92 Å². The summed E-state index contributed by atoms with van der Waals surface area (Å²) < 4.78 is 4.96. The summed E-state index contributed by atoms with van der Waals surface area (Å²) in [5.74, 6) is -0.501. The second-order valence-corrected chi connectivity index (χ2v) is 7.65. The Balaban J connectivity index is 1.57. The fraction of sp³-hybridized carbons (Fsp3) is 0.409. The van der Waals surface area contributed by atoms with Crippen LogP contribution < -0.4 is 5.32 Å². The highest BCUT2D eigenvalue weighted by atomic mass is 35.5. The van der Waals surface area contributed by atoms with E-state index in [0.29, 0.717) is 60.9 Å². The number of amides is 3. The first kappa shape index (κ1) is 21.9. The van der Waals surface area contributed by atoms with Gasteiger partial charge in [-0.25, -0.2) is 0 Å². The minimum Gasteiger partial charge on any atom is -0.472 e. The Morgan fingerprint density at radius 1 is 1.17 bits per heavy atom. The lowest BCUT2D eigenvalue weighted by molar-refractivity contribution is -0.121. The van der Waals surface area contributed by atoms with Gasteiger partial charge in [0.15, 0.2) is 0 Å². The van der Waals surface area contributed by atoms with Crippen LogP contribution >= 0.6 is 11.6 Å². The van der Waals surface area contributed by atoms with Crippen LogP contribution in [0.2, 0.25) is 5.02 Å². The molecule has 8 heteroatoms. The van der Waals surface area contributed by atoms with Crippen molar-refractivity contribution >= 4 is 35.0 Å². The second kappa shape index (κ2) is 9.80. The summed E-state index contributed by atoms with van der Waals surface area (Å²) in [6.45, 7) is 6.06. The average molecular weight is 432 g/mol. The molecule has 30 heavy (non-hydrogen) atoms. The number of hydrogen-bond donors (Lipinski definition) is 1. The van der Waals surface area contributed by atoms with E-state index < -0.39 is 0 Å². The largest absolute Gasteiger partial charge is 0.472 e. The molecule has 1 aliphatic heterocycles. The number of carbonyl (C=O) groups excluding carboxylic acids is 3. The predicted molar refractivity (Wildman–Crippen MR) is 115 cm³/mol. The lowest BCUT2D eigenvalue weighted by Gasteiger charge is -2.31. The number of anilines is 1. The third-order valence-corrected chi connectivity index (χ3v) is 5.75. The van der Waals surface area contributed by atoms with E-state index in [-0.39, 0.29) is 23.6 Å². The first-order chi connectivity index (χ1) is 14.4. The SMILES string of the molecule is CCN(CC)C(=O)c1ccc(NC(=O)C2CCN(C(=O)c3ccoc3)CC2)cc1Cl. The van der Waals surface area contributed by atoms with Crippen molar-refractivity contribution in [3.63, 3.8) is 0 Å². The van der Waals surface area contributed by atoms with Crippen LogP contribution in [0.3, 0.4) is 0 Å². The maximum Gasteiger partial charge on any atom is 0.257 e. The maximum atomic E-state index is 12.7. The molecule has 3 rings (SSSR count). The van der Waals surface area contributed by atoms with Crippen molar-refractivity contribution < 1.29 is 18.8 Å². The second-order valence-electron chi connectivity index (χ2n) is 7.24. The quantitative estimate of drug-likeness (QED) is 0.751. The highest BCUT2D eigenvalue weighted by Gasteiger charge is 2.28. The summed E-state index contributed by atoms with van der Waals surface area (Å²) in [5.41, 5.74) is 1.49. The summed E-state index contributed by atoms with van der Waals surface area (Å²) in [7, 11) is 0. The van der Waals surface area contributed by atoms with Crippen molar-refractivity contribution in [2.75, 3.05) is 31.5 Å². The molecule has 1 N–H and O–H groups in total. The van der Waals surface area contributed by atoms with Crippen molar-refractivity contribution in [2.45, 2.75) is 26.7 Å². The van der Waals surface area contributed by atoms with E-state index in [9.17, 15) is 14.4 Å². The molecule has 7 nitrogen and oxygen atoms in total. The number of halogens is 1. The van der Waals surface area contributed by atoms with Crippen LogP contribution in [0.15, 0.2) is 41.2 Å². The van der Waals surface area contributed by atoms with Crippen LogP contribution in [0.1, 0.15) is 47.4 Å². The molecule has 1 aromatic heterocycles. The average Bonchev–Trinajstić information content (AvgIpc) is 3.29. The van der Waals surface area contributed by atoms with Crippen molar-refractivity contribution in [2.24, 2.45) is 5.92 Å². The van der Waals surface area contributed by atoms with Crippen LogP contribution in [0.25, 0.3) is 0 Å². The van der Waals surface area contributed by atoms with Crippen molar-refractivity contribution in [3.05, 3.63) is 52.9 Å². The molecule has 0 aliphatic carbocycles. The number of nitrogens with one attached hydrogen (secondary N) is 1. The molecule has 0 spiro atoms. The van der Waals surface area contributed by atoms with E-state index >= 15 is 0 Å². The molecule has 2 aromatic rings. The third-order valence-electron chi connectivity index (χ3n) is 5.44. The number of piperidine rings is 1. The standard InChI is InChI=1S/C22H26ClN3O4/c1-3-25(4-2)22(29)18-6-5-17(13-19(18)23)24-20(27)15-7-10-26(11-8-15)21(28)16-9-12-30-14-16/h5-6,9,12-15H,3-4,7-8,10-11H2,1-2H3,(H,24,27). The Labute approximate surface area is 181 Å². The summed E-state index contributed by atoms with van der Waals surface area (Å²) in [4.78, 5) is 40.9. The highest BCUT2D eigenvalue weighted by molar-refractivity contribution is 6.34. The number of carbonyl (C=O) groups is 3. The smallest absolute Gasteiger partial charge is 0.257 e. The van der Waals surface area contributed by atoms with E-state index in [2.05, 4.69) is 5.32 Å². The van der Waals surface area contributed by atoms with Gasteiger partial charge in [-0.2, -0.15) is 0 Å². The zero-order valence-electron chi connectivity index (χ0n) is 17.2. The zero-order chi connectivity index (χ0) is 21.7. The first-order valence-electron chi connectivity index (χ1n) is 10.2. The van der Waals surface area contributed by atoms with E-state index in [1.165, 1.54) is 12.5 Å². The van der Waals surface area contributed by atoms with E-state index in [1.54, 1.807) is 34.1 Å². The molecule has 1 fully saturated rings. The molecule has 2 heterocycles. The molecule has 1 aromatic carbocycles. The predicted octanol–water partition coefficient (Wildman–Crippen LogP) is 3.91. The molecule has 0 unspecified atom stereocenters. The van der Waals surface area contributed by atoms with Crippen LogP contribution in [-0.4, -0.2) is 53.7 Å². The van der Waals surface area contributed by atoms with Gasteiger partial charge in [-0.3, -0.25) is 14.4 Å². The Hall–Kier alpha value is -2.80. The monoisotopic (exact) mass is 431 g/mol. The van der Waals surface area contributed by atoms with Gasteiger partial charge < -0.3 is 19.5 Å². The molecule has 0 radical (unpaired) electrons. The summed E-state index contributed by atoms with van der Waals surface area (Å²) in [6, 6.07) is 6.58. The molecule has 0 atom stereocenters. The fourth-order valence-corrected chi connectivity index (χ4v) is 3.87. The van der Waals surface area contributed by atoms with Crippen molar-refractivity contribution in [3.8, 4) is 0 Å². The number of likely N-dealkylation sites (tertiary alicyclic amines) is 1. The molecule has 1 aliphatic rings. The van der Waals surface area contributed by atoms with Crippen LogP contribution in [0.4, 0.5) is 5.69 Å². The molecular formula is C22H26ClN3O4. The van der Waals surface area contributed by atoms with Crippen molar-refractivity contribution in [1.82, 2.24) is 9.80 Å². The maximum absolute atomic E-state index is 12.7. The van der Waals surface area contributed by atoms with Crippen LogP contribution in [-0.2, 0) is 4.79 Å². The summed E-state index contributed by atoms with van der Waals surface area (Å²) in [5, 5.41) is 3.19. The van der Waals surface area contributed by atoms with E-state index in [4.69, 9.17) is 16.0 Å². The molecule has 0 bridgehead atoms. The van der Waals surface area contributed by atoms with Gasteiger partial charge in [0.2, 0.25) is 5.91 Å². The number of nitrogens with zero attached hydrogens (tertiary/aromatic N) is 2. The normalized spacial score (nSPS) is 14.4. The lowest BCUT2D eigenvalue weighted by atomic mass is 9.95. The van der Waals surface area contributed by atoms with Gasteiger partial charge in [-0.15, -0.1) is 0 Å². The molecule has 1 saturated heterocycles. The molecule has 160 valence electrons. The Morgan fingerprint density at radius 3 is 2.43 bits per heavy atom. The fourth-order valence-electron chi connectivity index (χ4n) is 3.61. The minimum absolute atomic E-state index is 0.0807. The van der Waals surface area contributed by atoms with Gasteiger partial charge in [0.25, 0.3) is 11.8 Å². The highest BCUT2D eigenvalue weighted by Crippen LogP contribution is 2.25. The molecule has 0 saturated carbocycles. The van der Waals surface area contributed by atoms with E-state index in [1.807, 2.05) is 13.8 Å². The topological polar surface area (TPSA) is 82.9 Å². The third kappa shape index (κ3) is 4.84.